The second-order valence-electron chi connectivity index (χ2n) is 1.86. The van der Waals surface area contributed by atoms with Gasteiger partial charge < -0.3 is 10.6 Å². The van der Waals surface area contributed by atoms with E-state index in [1.54, 1.807) is 14.1 Å². The van der Waals surface area contributed by atoms with E-state index in [4.69, 9.17) is 0 Å². The Labute approximate surface area is 55.8 Å². The molecule has 0 heterocycles. The molecule has 0 aromatic rings. The molecule has 0 fully saturated rings. The molecular formula is C6H14N2O. The molecule has 0 bridgehead atoms. The van der Waals surface area contributed by atoms with Gasteiger partial charge in [-0.05, 0) is 13.5 Å². The molecule has 0 spiro atoms. The molecule has 9 heavy (non-hydrogen) atoms. The van der Waals surface area contributed by atoms with Crippen LogP contribution in [0.5, 0.6) is 0 Å². The molecule has 0 rings (SSSR count). The lowest BCUT2D eigenvalue weighted by Crippen LogP contribution is -2.40. The Kier molecular flexibility index (Phi) is 4.05. The number of nitrogens with one attached hydrogen (secondary N) is 2. The number of hydrogen-bond donors (Lipinski definition) is 2. The minimum atomic E-state index is -0.0324. The van der Waals surface area contributed by atoms with Crippen LogP contribution in [0.4, 0.5) is 0 Å². The summed E-state index contributed by atoms with van der Waals surface area (Å²) in [6, 6.07) is -0.0324. The summed E-state index contributed by atoms with van der Waals surface area (Å²) in [5, 5.41) is 5.46. The summed E-state index contributed by atoms with van der Waals surface area (Å²) in [5.41, 5.74) is 0. The van der Waals surface area contributed by atoms with Crippen LogP contribution in [0.2, 0.25) is 0 Å². The Hall–Kier alpha value is -0.570. The van der Waals surface area contributed by atoms with Gasteiger partial charge in [-0.3, -0.25) is 4.79 Å². The van der Waals surface area contributed by atoms with Gasteiger partial charge in [0, 0.05) is 7.05 Å². The van der Waals surface area contributed by atoms with E-state index >= 15 is 0 Å². The van der Waals surface area contributed by atoms with E-state index in [1.165, 1.54) is 0 Å². The van der Waals surface area contributed by atoms with E-state index in [0.29, 0.717) is 0 Å². The lowest BCUT2D eigenvalue weighted by Gasteiger charge is -2.10. The number of rotatable bonds is 3. The summed E-state index contributed by atoms with van der Waals surface area (Å²) in [5.74, 6) is 0.0556. The summed E-state index contributed by atoms with van der Waals surface area (Å²) in [4.78, 5) is 10.8. The maximum Gasteiger partial charge on any atom is 0.236 e. The molecule has 0 aliphatic carbocycles. The minimum absolute atomic E-state index is 0.0324. The van der Waals surface area contributed by atoms with E-state index in [9.17, 15) is 4.79 Å². The zero-order valence-electron chi connectivity index (χ0n) is 6.19. The van der Waals surface area contributed by atoms with E-state index in [0.717, 1.165) is 6.42 Å². The van der Waals surface area contributed by atoms with Gasteiger partial charge in [-0.2, -0.15) is 0 Å². The SMILES string of the molecule is CC[C@H](NC)C(=O)NC. The van der Waals surface area contributed by atoms with Crippen LogP contribution in [0, 0.1) is 0 Å². The van der Waals surface area contributed by atoms with Crippen LogP contribution in [-0.2, 0) is 4.79 Å². The predicted molar refractivity (Wildman–Crippen MR) is 37.2 cm³/mol. The number of carbonyl (C=O) groups excluding carboxylic acids is 1. The zero-order valence-corrected chi connectivity index (χ0v) is 6.19. The standard InChI is InChI=1S/C6H14N2O/c1-4-5(7-2)6(9)8-3/h5,7H,4H2,1-3H3,(H,8,9)/t5-/m0/s1. The van der Waals surface area contributed by atoms with Crippen LogP contribution < -0.4 is 10.6 Å². The normalized spacial score (nSPS) is 12.8. The van der Waals surface area contributed by atoms with Crippen molar-refractivity contribution in [1.29, 1.82) is 0 Å². The highest BCUT2D eigenvalue weighted by atomic mass is 16.2. The monoisotopic (exact) mass is 130 g/mol. The maximum absolute atomic E-state index is 10.8. The molecule has 1 amide bonds. The average Bonchev–Trinajstić information content (AvgIpc) is 1.90. The molecule has 0 radical (unpaired) electrons. The first kappa shape index (κ1) is 8.43. The van der Waals surface area contributed by atoms with Gasteiger partial charge in [0.05, 0.1) is 6.04 Å². The van der Waals surface area contributed by atoms with Gasteiger partial charge in [0.25, 0.3) is 0 Å². The largest absolute Gasteiger partial charge is 0.358 e. The van der Waals surface area contributed by atoms with Crippen LogP contribution in [-0.4, -0.2) is 26.0 Å². The van der Waals surface area contributed by atoms with Crippen LogP contribution in [0.15, 0.2) is 0 Å². The second-order valence-corrected chi connectivity index (χ2v) is 1.86. The highest BCUT2D eigenvalue weighted by molar-refractivity contribution is 5.81. The third-order valence-corrected chi connectivity index (χ3v) is 1.32. The lowest BCUT2D eigenvalue weighted by atomic mass is 10.2. The highest BCUT2D eigenvalue weighted by Gasteiger charge is 2.09. The van der Waals surface area contributed by atoms with Gasteiger partial charge in [-0.25, -0.2) is 0 Å². The first-order chi connectivity index (χ1) is 4.26. The van der Waals surface area contributed by atoms with Crippen molar-refractivity contribution in [3.8, 4) is 0 Å². The van der Waals surface area contributed by atoms with E-state index in [2.05, 4.69) is 10.6 Å². The molecular weight excluding hydrogens is 116 g/mol. The first-order valence-corrected chi connectivity index (χ1v) is 3.15. The smallest absolute Gasteiger partial charge is 0.236 e. The lowest BCUT2D eigenvalue weighted by molar-refractivity contribution is -0.122. The molecule has 0 aromatic heterocycles. The first-order valence-electron chi connectivity index (χ1n) is 3.15. The number of amides is 1. The minimum Gasteiger partial charge on any atom is -0.358 e. The van der Waals surface area contributed by atoms with E-state index in [-0.39, 0.29) is 11.9 Å². The molecule has 0 unspecified atom stereocenters. The van der Waals surface area contributed by atoms with Gasteiger partial charge in [0.15, 0.2) is 0 Å². The van der Waals surface area contributed by atoms with Crippen molar-refractivity contribution in [3.05, 3.63) is 0 Å². The summed E-state index contributed by atoms with van der Waals surface area (Å²) >= 11 is 0. The molecule has 0 aliphatic rings. The Morgan fingerprint density at radius 3 is 2.22 bits per heavy atom. The van der Waals surface area contributed by atoms with Gasteiger partial charge in [0.1, 0.15) is 0 Å². The summed E-state index contributed by atoms with van der Waals surface area (Å²) in [6.45, 7) is 1.97. The summed E-state index contributed by atoms with van der Waals surface area (Å²) in [6.07, 6.45) is 0.830. The fourth-order valence-electron chi connectivity index (χ4n) is 0.695. The number of carbonyl (C=O) groups is 1. The van der Waals surface area contributed by atoms with Crippen LogP contribution in [0.3, 0.4) is 0 Å². The average molecular weight is 130 g/mol. The molecule has 1 atom stereocenters. The molecule has 0 aromatic carbocycles. The Morgan fingerprint density at radius 1 is 1.56 bits per heavy atom. The highest BCUT2D eigenvalue weighted by Crippen LogP contribution is 1.87. The van der Waals surface area contributed by atoms with Crippen molar-refractivity contribution >= 4 is 5.91 Å². The van der Waals surface area contributed by atoms with Crippen molar-refractivity contribution in [1.82, 2.24) is 10.6 Å². The fraction of sp³-hybridized carbons (Fsp3) is 0.833. The molecule has 2 N–H and O–H groups in total. The third-order valence-electron chi connectivity index (χ3n) is 1.32. The van der Waals surface area contributed by atoms with Crippen LogP contribution >= 0.6 is 0 Å². The van der Waals surface area contributed by atoms with Crippen LogP contribution in [0.1, 0.15) is 13.3 Å². The van der Waals surface area contributed by atoms with E-state index < -0.39 is 0 Å². The van der Waals surface area contributed by atoms with Crippen molar-refractivity contribution in [3.63, 3.8) is 0 Å². The van der Waals surface area contributed by atoms with Crippen molar-refractivity contribution in [2.24, 2.45) is 0 Å². The van der Waals surface area contributed by atoms with Gasteiger partial charge >= 0.3 is 0 Å². The van der Waals surface area contributed by atoms with Gasteiger partial charge in [-0.1, -0.05) is 6.92 Å². The van der Waals surface area contributed by atoms with Crippen molar-refractivity contribution in [2.75, 3.05) is 14.1 Å². The van der Waals surface area contributed by atoms with E-state index in [1.807, 2.05) is 6.92 Å². The molecule has 0 aliphatic heterocycles. The molecule has 0 saturated carbocycles. The Balaban J connectivity index is 3.64. The molecule has 3 nitrogen and oxygen atoms in total. The predicted octanol–water partition coefficient (Wildman–Crippen LogP) is -0.270. The van der Waals surface area contributed by atoms with Crippen LogP contribution in [0.25, 0.3) is 0 Å². The third kappa shape index (κ3) is 2.46. The molecule has 0 saturated heterocycles. The second kappa shape index (κ2) is 4.32. The quantitative estimate of drug-likeness (QED) is 0.552. The Bertz CT molecular complexity index is 89.1. The van der Waals surface area contributed by atoms with Crippen molar-refractivity contribution in [2.45, 2.75) is 19.4 Å². The molecule has 3 heteroatoms. The maximum atomic E-state index is 10.8. The van der Waals surface area contributed by atoms with Gasteiger partial charge in [-0.15, -0.1) is 0 Å². The van der Waals surface area contributed by atoms with Crippen molar-refractivity contribution < 1.29 is 4.79 Å². The van der Waals surface area contributed by atoms with Gasteiger partial charge in [0.2, 0.25) is 5.91 Å². The summed E-state index contributed by atoms with van der Waals surface area (Å²) < 4.78 is 0. The zero-order chi connectivity index (χ0) is 7.28. The Morgan fingerprint density at radius 2 is 2.11 bits per heavy atom. The fourth-order valence-corrected chi connectivity index (χ4v) is 0.695. The summed E-state index contributed by atoms with van der Waals surface area (Å²) in [7, 11) is 3.42. The molecule has 54 valence electrons. The topological polar surface area (TPSA) is 41.1 Å². The number of hydrogen-bond acceptors (Lipinski definition) is 2. The number of likely N-dealkylation sites (N-methyl/N-ethyl adjacent to an activating group) is 2.